The molecule has 14 heteroatoms. The number of primary sulfonamides is 1. The van der Waals surface area contributed by atoms with Crippen molar-refractivity contribution in [2.75, 3.05) is 33.1 Å². The third-order valence-electron chi connectivity index (χ3n) is 6.89. The number of sulfonamides is 1. The van der Waals surface area contributed by atoms with Crippen molar-refractivity contribution < 1.29 is 27.5 Å². The molecule has 2 amide bonds. The molecular formula is C31H35N5O7S2. The summed E-state index contributed by atoms with van der Waals surface area (Å²) in [5, 5.41) is 11.6. The number of fused-ring (bicyclic) bond motifs is 1. The smallest absolute Gasteiger partial charge is 0.262 e. The first-order valence-electron chi connectivity index (χ1n) is 14.1. The Bertz CT molecular complexity index is 1830. The molecule has 0 atom stereocenters. The van der Waals surface area contributed by atoms with Gasteiger partial charge in [0, 0.05) is 26.1 Å². The molecule has 45 heavy (non-hydrogen) atoms. The largest absolute Gasteiger partial charge is 0.493 e. The minimum atomic E-state index is -3.77. The number of hydrogen-bond donors (Lipinski definition) is 3. The molecule has 0 radical (unpaired) electrons. The molecular weight excluding hydrogens is 619 g/mol. The van der Waals surface area contributed by atoms with Crippen LogP contribution in [-0.4, -0.2) is 62.8 Å². The van der Waals surface area contributed by atoms with Gasteiger partial charge >= 0.3 is 0 Å². The average molecular weight is 654 g/mol. The van der Waals surface area contributed by atoms with Crippen LogP contribution in [0, 0.1) is 0 Å². The Hall–Kier alpha value is -4.40. The average Bonchev–Trinajstić information content (AvgIpc) is 3.03. The minimum absolute atomic E-state index is 0.00660. The lowest BCUT2D eigenvalue weighted by atomic mass is 10.1. The van der Waals surface area contributed by atoms with E-state index in [-0.39, 0.29) is 41.0 Å². The quantitative estimate of drug-likeness (QED) is 0.129. The summed E-state index contributed by atoms with van der Waals surface area (Å²) in [4.78, 5) is 43.3. The highest BCUT2D eigenvalue weighted by molar-refractivity contribution is 7.99. The standard InChI is InChI=1S/C31H35N5O7S2/c1-42-26-12-9-22(19-27(26)43-2)14-17-33-28(37)15-18-36-30(39)24-5-3-4-6-25(24)35-31(36)44-20-29(38)34-16-13-21-7-10-23(11-8-21)45(32,40)41/h3-12,19H,13-18,20H2,1-2H3,(H,33,37)(H,34,38)(H2,32,40,41). The van der Waals surface area contributed by atoms with E-state index in [9.17, 15) is 22.8 Å². The van der Waals surface area contributed by atoms with E-state index in [4.69, 9.17) is 14.6 Å². The van der Waals surface area contributed by atoms with Gasteiger partial charge in [-0.15, -0.1) is 0 Å². The van der Waals surface area contributed by atoms with Gasteiger partial charge in [-0.2, -0.15) is 0 Å². The van der Waals surface area contributed by atoms with Crippen molar-refractivity contribution in [3.8, 4) is 11.5 Å². The van der Waals surface area contributed by atoms with Crippen molar-refractivity contribution in [2.24, 2.45) is 5.14 Å². The Morgan fingerprint density at radius 2 is 1.53 bits per heavy atom. The van der Waals surface area contributed by atoms with Gasteiger partial charge in [-0.1, -0.05) is 42.1 Å². The van der Waals surface area contributed by atoms with Crippen molar-refractivity contribution in [3.05, 3.63) is 88.2 Å². The van der Waals surface area contributed by atoms with E-state index in [1.165, 1.54) is 16.7 Å². The number of thioether (sulfide) groups is 1. The van der Waals surface area contributed by atoms with Crippen LogP contribution in [0.2, 0.25) is 0 Å². The molecule has 1 aromatic heterocycles. The maximum atomic E-state index is 13.3. The predicted octanol–water partition coefficient (Wildman–Crippen LogP) is 2.26. The number of amides is 2. The fourth-order valence-corrected chi connectivity index (χ4v) is 5.88. The summed E-state index contributed by atoms with van der Waals surface area (Å²) in [5.41, 5.74) is 2.02. The highest BCUT2D eigenvalue weighted by Gasteiger charge is 2.15. The van der Waals surface area contributed by atoms with Gasteiger partial charge in [0.15, 0.2) is 16.7 Å². The van der Waals surface area contributed by atoms with Crippen molar-refractivity contribution in [3.63, 3.8) is 0 Å². The number of hydrogen-bond acceptors (Lipinski definition) is 9. The molecule has 1 heterocycles. The highest BCUT2D eigenvalue weighted by Crippen LogP contribution is 2.27. The highest BCUT2D eigenvalue weighted by atomic mass is 32.2. The Balaban J connectivity index is 1.33. The van der Waals surface area contributed by atoms with Gasteiger partial charge < -0.3 is 20.1 Å². The normalized spacial score (nSPS) is 11.3. The van der Waals surface area contributed by atoms with E-state index in [1.807, 2.05) is 18.2 Å². The van der Waals surface area contributed by atoms with Gasteiger partial charge in [0.2, 0.25) is 21.8 Å². The lowest BCUT2D eigenvalue weighted by Crippen LogP contribution is -2.30. The molecule has 0 saturated carbocycles. The van der Waals surface area contributed by atoms with E-state index in [2.05, 4.69) is 15.6 Å². The third-order valence-corrected chi connectivity index (χ3v) is 8.80. The van der Waals surface area contributed by atoms with Crippen LogP contribution < -0.4 is 30.8 Å². The molecule has 0 fully saturated rings. The van der Waals surface area contributed by atoms with Crippen molar-refractivity contribution in [1.82, 2.24) is 20.2 Å². The van der Waals surface area contributed by atoms with Crippen LogP contribution in [0.15, 0.2) is 81.6 Å². The zero-order chi connectivity index (χ0) is 32.4. The second kappa shape index (κ2) is 15.5. The lowest BCUT2D eigenvalue weighted by Gasteiger charge is -2.13. The summed E-state index contributed by atoms with van der Waals surface area (Å²) in [6.45, 7) is 0.824. The van der Waals surface area contributed by atoms with Crippen molar-refractivity contribution in [2.45, 2.75) is 35.9 Å². The number of nitrogens with zero attached hydrogens (tertiary/aromatic N) is 2. The Labute approximate surface area is 265 Å². The van der Waals surface area contributed by atoms with Crippen LogP contribution in [0.4, 0.5) is 0 Å². The molecule has 238 valence electrons. The molecule has 0 bridgehead atoms. The number of carbonyl (C=O) groups is 2. The molecule has 0 saturated heterocycles. The van der Waals surface area contributed by atoms with Crippen molar-refractivity contribution >= 4 is 44.5 Å². The Morgan fingerprint density at radius 3 is 2.22 bits per heavy atom. The number of aromatic nitrogens is 2. The van der Waals surface area contributed by atoms with Crippen LogP contribution >= 0.6 is 11.8 Å². The predicted molar refractivity (Wildman–Crippen MR) is 172 cm³/mol. The number of ether oxygens (including phenoxy) is 2. The van der Waals surface area contributed by atoms with Gasteiger partial charge in [0.1, 0.15) is 0 Å². The Morgan fingerprint density at radius 1 is 0.889 bits per heavy atom. The molecule has 0 aliphatic rings. The summed E-state index contributed by atoms with van der Waals surface area (Å²) < 4.78 is 34.9. The molecule has 4 N–H and O–H groups in total. The minimum Gasteiger partial charge on any atom is -0.493 e. The van der Waals surface area contributed by atoms with E-state index < -0.39 is 10.0 Å². The molecule has 4 rings (SSSR count). The zero-order valence-corrected chi connectivity index (χ0v) is 26.6. The molecule has 4 aromatic rings. The number of rotatable bonds is 15. The fraction of sp³-hybridized carbons (Fsp3) is 0.290. The molecule has 0 spiro atoms. The molecule has 3 aromatic carbocycles. The first kappa shape index (κ1) is 33.5. The molecule has 0 aliphatic heterocycles. The number of benzene rings is 3. The van der Waals surface area contributed by atoms with E-state index >= 15 is 0 Å². The van der Waals surface area contributed by atoms with Gasteiger partial charge in [0.25, 0.3) is 5.56 Å². The second-order valence-electron chi connectivity index (χ2n) is 9.99. The fourth-order valence-electron chi connectivity index (χ4n) is 4.51. The number of carbonyl (C=O) groups excluding carboxylic acids is 2. The topological polar surface area (TPSA) is 172 Å². The van der Waals surface area contributed by atoms with Crippen molar-refractivity contribution in [1.29, 1.82) is 0 Å². The van der Waals surface area contributed by atoms with E-state index in [0.717, 1.165) is 22.9 Å². The summed E-state index contributed by atoms with van der Waals surface area (Å²) in [5.74, 6) is 0.762. The van der Waals surface area contributed by atoms with Crippen LogP contribution in [0.5, 0.6) is 11.5 Å². The molecule has 0 unspecified atom stereocenters. The second-order valence-corrected chi connectivity index (χ2v) is 12.5. The monoisotopic (exact) mass is 653 g/mol. The van der Waals surface area contributed by atoms with E-state index in [0.29, 0.717) is 53.5 Å². The molecule has 0 aliphatic carbocycles. The summed E-state index contributed by atoms with van der Waals surface area (Å²) in [6.07, 6.45) is 1.12. The van der Waals surface area contributed by atoms with Crippen LogP contribution in [-0.2, 0) is 39.0 Å². The van der Waals surface area contributed by atoms with Gasteiger partial charge in [-0.05, 0) is 60.4 Å². The van der Waals surface area contributed by atoms with Crippen LogP contribution in [0.3, 0.4) is 0 Å². The maximum absolute atomic E-state index is 13.3. The van der Waals surface area contributed by atoms with Crippen LogP contribution in [0.25, 0.3) is 10.9 Å². The summed E-state index contributed by atoms with van der Waals surface area (Å²) >= 11 is 1.11. The SMILES string of the molecule is COc1ccc(CCNC(=O)CCn2c(SCC(=O)NCCc3ccc(S(N)(=O)=O)cc3)nc3ccccc3c2=O)cc1OC. The first-order chi connectivity index (χ1) is 21.6. The zero-order valence-electron chi connectivity index (χ0n) is 24.9. The Kier molecular flexibility index (Phi) is 11.6. The number of para-hydroxylation sites is 1. The van der Waals surface area contributed by atoms with Gasteiger partial charge in [-0.3, -0.25) is 19.0 Å². The number of methoxy groups -OCH3 is 2. The molecule has 12 nitrogen and oxygen atoms in total. The summed E-state index contributed by atoms with van der Waals surface area (Å²) in [6, 6.07) is 18.6. The first-order valence-corrected chi connectivity index (χ1v) is 16.6. The number of nitrogens with two attached hydrogens (primary N) is 1. The van der Waals surface area contributed by atoms with E-state index in [1.54, 1.807) is 50.6 Å². The number of nitrogens with one attached hydrogen (secondary N) is 2. The van der Waals surface area contributed by atoms with Crippen LogP contribution in [0.1, 0.15) is 17.5 Å². The third kappa shape index (κ3) is 9.30. The maximum Gasteiger partial charge on any atom is 0.262 e. The lowest BCUT2D eigenvalue weighted by molar-refractivity contribution is -0.121. The van der Waals surface area contributed by atoms with Gasteiger partial charge in [-0.25, -0.2) is 18.5 Å². The van der Waals surface area contributed by atoms with Gasteiger partial charge in [0.05, 0.1) is 35.8 Å². The summed E-state index contributed by atoms with van der Waals surface area (Å²) in [7, 11) is -0.636.